The van der Waals surface area contributed by atoms with Gasteiger partial charge in [0.2, 0.25) is 11.8 Å². The first-order chi connectivity index (χ1) is 12.4. The van der Waals surface area contributed by atoms with Gasteiger partial charge in [-0.25, -0.2) is 4.39 Å². The fraction of sp³-hybridized carbons (Fsp3) is 0.263. The van der Waals surface area contributed by atoms with E-state index in [2.05, 4.69) is 10.6 Å². The fourth-order valence-electron chi connectivity index (χ4n) is 2.16. The van der Waals surface area contributed by atoms with Crippen LogP contribution in [0.15, 0.2) is 48.5 Å². The van der Waals surface area contributed by atoms with Crippen molar-refractivity contribution < 1.29 is 14.0 Å². The van der Waals surface area contributed by atoms with Crippen molar-refractivity contribution in [2.75, 3.05) is 23.3 Å². The van der Waals surface area contributed by atoms with Crippen LogP contribution in [-0.4, -0.2) is 29.4 Å². The normalized spacial score (nSPS) is 11.6. The van der Waals surface area contributed by atoms with Crippen molar-refractivity contribution in [2.45, 2.75) is 18.6 Å². The number of hydrogen-bond donors (Lipinski definition) is 3. The predicted octanol–water partition coefficient (Wildman–Crippen LogP) is 2.83. The predicted molar refractivity (Wildman–Crippen MR) is 105 cm³/mol. The van der Waals surface area contributed by atoms with Crippen molar-refractivity contribution in [3.05, 3.63) is 59.9 Å². The number of nitrogens with two attached hydrogens (primary N) is 1. The number of nitrogen functional groups attached to an aromatic ring is 1. The smallest absolute Gasteiger partial charge is 0.234 e. The lowest BCUT2D eigenvalue weighted by Gasteiger charge is -2.12. The number of hydrogen-bond acceptors (Lipinski definition) is 4. The third-order valence-corrected chi connectivity index (χ3v) is 4.80. The molecular weight excluding hydrogens is 353 g/mol. The molecule has 0 aliphatic rings. The highest BCUT2D eigenvalue weighted by atomic mass is 32.2. The number of carbonyl (C=O) groups is 2. The van der Waals surface area contributed by atoms with Gasteiger partial charge in [-0.1, -0.05) is 12.1 Å². The fourth-order valence-corrected chi connectivity index (χ4v) is 2.87. The van der Waals surface area contributed by atoms with Crippen LogP contribution >= 0.6 is 11.8 Å². The summed E-state index contributed by atoms with van der Waals surface area (Å²) in [6, 6.07) is 13.1. The van der Waals surface area contributed by atoms with Gasteiger partial charge in [-0.2, -0.15) is 0 Å². The number of amides is 2. The molecule has 0 heterocycles. The van der Waals surface area contributed by atoms with Gasteiger partial charge in [0.15, 0.2) is 0 Å². The summed E-state index contributed by atoms with van der Waals surface area (Å²) in [5, 5.41) is 5.18. The Hall–Kier alpha value is -2.54. The maximum atomic E-state index is 12.8. The SMILES string of the molecule is CC(SCC(=O)Nc1ccc(F)cc1)C(=O)NCCc1ccc(N)cc1. The number of thioether (sulfide) groups is 1. The van der Waals surface area contributed by atoms with Gasteiger partial charge in [0.05, 0.1) is 11.0 Å². The molecule has 4 N–H and O–H groups in total. The molecule has 0 aliphatic heterocycles. The van der Waals surface area contributed by atoms with Crippen LogP contribution in [0.1, 0.15) is 12.5 Å². The molecule has 1 atom stereocenters. The molecule has 7 heteroatoms. The lowest BCUT2D eigenvalue weighted by molar-refractivity contribution is -0.120. The molecule has 0 saturated heterocycles. The second kappa shape index (κ2) is 9.82. The number of rotatable bonds is 8. The molecule has 0 aromatic heterocycles. The summed E-state index contributed by atoms with van der Waals surface area (Å²) in [4.78, 5) is 24.0. The number of anilines is 2. The number of halogens is 1. The largest absolute Gasteiger partial charge is 0.399 e. The Labute approximate surface area is 156 Å². The summed E-state index contributed by atoms with van der Waals surface area (Å²) in [7, 11) is 0. The van der Waals surface area contributed by atoms with Gasteiger partial charge in [0.1, 0.15) is 5.82 Å². The summed E-state index contributed by atoms with van der Waals surface area (Å²) < 4.78 is 12.8. The molecule has 1 unspecified atom stereocenters. The van der Waals surface area contributed by atoms with Crippen molar-refractivity contribution in [1.82, 2.24) is 5.32 Å². The molecule has 0 radical (unpaired) electrons. The van der Waals surface area contributed by atoms with Crippen LogP contribution < -0.4 is 16.4 Å². The highest BCUT2D eigenvalue weighted by Crippen LogP contribution is 2.13. The van der Waals surface area contributed by atoms with E-state index >= 15 is 0 Å². The molecule has 5 nitrogen and oxygen atoms in total. The number of benzene rings is 2. The molecule has 0 aliphatic carbocycles. The summed E-state index contributed by atoms with van der Waals surface area (Å²) in [6.07, 6.45) is 0.717. The summed E-state index contributed by atoms with van der Waals surface area (Å²) in [5.74, 6) is -0.561. The van der Waals surface area contributed by atoms with Crippen LogP contribution in [0.2, 0.25) is 0 Å². The van der Waals surface area contributed by atoms with Gasteiger partial charge in [-0.3, -0.25) is 9.59 Å². The second-order valence-electron chi connectivity index (χ2n) is 5.79. The molecule has 0 spiro atoms. The molecule has 0 fully saturated rings. The zero-order valence-corrected chi connectivity index (χ0v) is 15.3. The van der Waals surface area contributed by atoms with Crippen LogP contribution in [0, 0.1) is 5.82 Å². The maximum Gasteiger partial charge on any atom is 0.234 e. The quantitative estimate of drug-likeness (QED) is 0.620. The monoisotopic (exact) mass is 375 g/mol. The third-order valence-electron chi connectivity index (χ3n) is 3.65. The van der Waals surface area contributed by atoms with Crippen LogP contribution in [0.3, 0.4) is 0 Å². The van der Waals surface area contributed by atoms with Gasteiger partial charge in [0.25, 0.3) is 0 Å². The average molecular weight is 375 g/mol. The lowest BCUT2D eigenvalue weighted by atomic mass is 10.1. The highest BCUT2D eigenvalue weighted by Gasteiger charge is 2.15. The molecule has 2 amide bonds. The van der Waals surface area contributed by atoms with E-state index in [1.807, 2.05) is 24.3 Å². The van der Waals surface area contributed by atoms with Crippen molar-refractivity contribution in [3.8, 4) is 0 Å². The first kappa shape index (κ1) is 19.8. The Morgan fingerprint density at radius 2 is 1.77 bits per heavy atom. The number of carbonyl (C=O) groups excluding carboxylic acids is 2. The van der Waals surface area contributed by atoms with Crippen molar-refractivity contribution in [2.24, 2.45) is 0 Å². The van der Waals surface area contributed by atoms with E-state index in [4.69, 9.17) is 5.73 Å². The van der Waals surface area contributed by atoms with Crippen LogP contribution in [0.5, 0.6) is 0 Å². The van der Waals surface area contributed by atoms with E-state index < -0.39 is 0 Å². The maximum absolute atomic E-state index is 12.8. The molecular formula is C19H22FN3O2S. The van der Waals surface area contributed by atoms with Gasteiger partial charge >= 0.3 is 0 Å². The summed E-state index contributed by atoms with van der Waals surface area (Å²) in [6.45, 7) is 2.28. The Kier molecular flexibility index (Phi) is 7.47. The molecule has 138 valence electrons. The van der Waals surface area contributed by atoms with E-state index in [-0.39, 0.29) is 28.6 Å². The summed E-state index contributed by atoms with van der Waals surface area (Å²) >= 11 is 1.25. The minimum atomic E-state index is -0.360. The van der Waals surface area contributed by atoms with E-state index in [1.54, 1.807) is 6.92 Å². The van der Waals surface area contributed by atoms with Crippen LogP contribution in [0.25, 0.3) is 0 Å². The van der Waals surface area contributed by atoms with Gasteiger partial charge in [0, 0.05) is 17.9 Å². The number of nitrogens with one attached hydrogen (secondary N) is 2. The third kappa shape index (κ3) is 6.76. The Morgan fingerprint density at radius 3 is 2.42 bits per heavy atom. The molecule has 2 rings (SSSR count). The highest BCUT2D eigenvalue weighted by molar-refractivity contribution is 8.01. The zero-order valence-electron chi connectivity index (χ0n) is 14.5. The van der Waals surface area contributed by atoms with Crippen LogP contribution in [0.4, 0.5) is 15.8 Å². The molecule has 2 aromatic carbocycles. The Morgan fingerprint density at radius 1 is 1.12 bits per heavy atom. The first-order valence-corrected chi connectivity index (χ1v) is 9.28. The van der Waals surface area contributed by atoms with E-state index in [1.165, 1.54) is 36.0 Å². The van der Waals surface area contributed by atoms with E-state index in [0.717, 1.165) is 5.56 Å². The minimum absolute atomic E-state index is 0.111. The lowest BCUT2D eigenvalue weighted by Crippen LogP contribution is -2.33. The molecule has 0 saturated carbocycles. The first-order valence-electron chi connectivity index (χ1n) is 8.23. The topological polar surface area (TPSA) is 84.2 Å². The standard InChI is InChI=1S/C19H22FN3O2S/c1-13(19(25)22-11-10-14-2-6-16(21)7-3-14)26-12-18(24)23-17-8-4-15(20)5-9-17/h2-9,13H,10-12,21H2,1H3,(H,22,25)(H,23,24). The molecule has 2 aromatic rings. The van der Waals surface area contributed by atoms with Crippen LogP contribution in [-0.2, 0) is 16.0 Å². The average Bonchev–Trinajstić information content (AvgIpc) is 2.63. The van der Waals surface area contributed by atoms with Crippen molar-refractivity contribution >= 4 is 35.0 Å². The van der Waals surface area contributed by atoms with Gasteiger partial charge in [-0.15, -0.1) is 11.8 Å². The minimum Gasteiger partial charge on any atom is -0.399 e. The van der Waals surface area contributed by atoms with Crippen molar-refractivity contribution in [1.29, 1.82) is 0 Å². The van der Waals surface area contributed by atoms with Crippen molar-refractivity contribution in [3.63, 3.8) is 0 Å². The Balaban J connectivity index is 1.66. The zero-order chi connectivity index (χ0) is 18.9. The van der Waals surface area contributed by atoms with Gasteiger partial charge in [-0.05, 0) is 55.3 Å². The van der Waals surface area contributed by atoms with E-state index in [0.29, 0.717) is 24.3 Å². The second-order valence-corrected chi connectivity index (χ2v) is 7.12. The van der Waals surface area contributed by atoms with E-state index in [9.17, 15) is 14.0 Å². The molecule has 26 heavy (non-hydrogen) atoms. The Bertz CT molecular complexity index is 735. The molecule has 0 bridgehead atoms. The van der Waals surface area contributed by atoms with Gasteiger partial charge < -0.3 is 16.4 Å². The summed E-state index contributed by atoms with van der Waals surface area (Å²) in [5.41, 5.74) is 7.97.